The number of quaternary nitrogens is 1. The molecule has 9 nitrogen and oxygen atoms in total. The van der Waals surface area contributed by atoms with E-state index < -0.39 is 32.5 Å². The molecule has 2 atom stereocenters. The Bertz CT molecular complexity index is 1870. The predicted octanol–water partition coefficient (Wildman–Crippen LogP) is 18.6. The minimum atomic E-state index is -4.66. The fourth-order valence-electron chi connectivity index (χ4n) is 7.48. The summed E-state index contributed by atoms with van der Waals surface area (Å²) in [6.45, 7) is 3.90. The van der Waals surface area contributed by atoms with Crippen molar-refractivity contribution in [3.63, 3.8) is 0 Å². The topological polar surface area (TPSA) is 111 Å². The molecule has 0 aromatic carbocycles. The van der Waals surface area contributed by atoms with Crippen molar-refractivity contribution in [3.8, 4) is 0 Å². The summed E-state index contributed by atoms with van der Waals surface area (Å²) in [5.74, 6) is -0.944. The average Bonchev–Trinajstić information content (AvgIpc) is 3.41. The van der Waals surface area contributed by atoms with Crippen LogP contribution in [0.25, 0.3) is 0 Å². The minimum Gasteiger partial charge on any atom is -0.756 e. The molecular weight excluding hydrogens is 990 g/mol. The summed E-state index contributed by atoms with van der Waals surface area (Å²) < 4.78 is 34.1. The lowest BCUT2D eigenvalue weighted by Crippen LogP contribution is -2.37. The van der Waals surface area contributed by atoms with Crippen molar-refractivity contribution in [2.75, 3.05) is 47.5 Å². The second-order valence-electron chi connectivity index (χ2n) is 20.6. The van der Waals surface area contributed by atoms with Crippen LogP contribution in [0.3, 0.4) is 0 Å². The molecule has 0 fully saturated rings. The zero-order valence-corrected chi connectivity index (χ0v) is 50.7. The zero-order valence-electron chi connectivity index (χ0n) is 49.8. The van der Waals surface area contributed by atoms with Crippen molar-refractivity contribution < 1.29 is 42.1 Å². The Kier molecular flexibility index (Phi) is 54.1. The first kappa shape index (κ1) is 73.6. The second-order valence-corrected chi connectivity index (χ2v) is 22.0. The van der Waals surface area contributed by atoms with E-state index in [2.05, 4.69) is 160 Å². The van der Waals surface area contributed by atoms with Gasteiger partial charge in [-0.15, -0.1) is 0 Å². The third-order valence-corrected chi connectivity index (χ3v) is 13.0. The van der Waals surface area contributed by atoms with Gasteiger partial charge in [0.1, 0.15) is 19.8 Å². The Labute approximate surface area is 477 Å². The van der Waals surface area contributed by atoms with Gasteiger partial charge in [0.05, 0.1) is 27.7 Å². The van der Waals surface area contributed by atoms with E-state index in [4.69, 9.17) is 18.5 Å². The van der Waals surface area contributed by atoms with Gasteiger partial charge in [-0.05, 0) is 109 Å². The third-order valence-electron chi connectivity index (χ3n) is 12.1. The SMILES string of the molecule is CC/C=C\C/C=C\C/C=C\C/C=C\C/C=C\C/C=C\C/C=C\CCCCCCCCCCCCCCCC(=O)OC(COC(=O)CC/C=C\C/C=C\C/C=C\C/C=C\C/C=C\C/C=C\CC)COP(=O)([O-])OCC[N+](C)(C)C. The maximum atomic E-state index is 12.8. The second kappa shape index (κ2) is 57.3. The number of phosphoric ester groups is 1. The fourth-order valence-corrected chi connectivity index (χ4v) is 8.21. The van der Waals surface area contributed by atoms with E-state index in [1.54, 1.807) is 0 Å². The molecule has 10 heteroatoms. The Hall–Kier alpha value is -4.37. The summed E-state index contributed by atoms with van der Waals surface area (Å²) in [7, 11) is 1.11. The number of hydrogen-bond acceptors (Lipinski definition) is 8. The van der Waals surface area contributed by atoms with Crippen molar-refractivity contribution in [1.82, 2.24) is 0 Å². The normalized spacial score (nSPS) is 14.4. The number of carbonyl (C=O) groups excluding carboxylic acids is 2. The van der Waals surface area contributed by atoms with Crippen molar-refractivity contribution >= 4 is 19.8 Å². The van der Waals surface area contributed by atoms with Gasteiger partial charge in [-0.1, -0.05) is 242 Å². The average molecular weight is 1100 g/mol. The van der Waals surface area contributed by atoms with Crippen molar-refractivity contribution in [3.05, 3.63) is 158 Å². The van der Waals surface area contributed by atoms with Crippen molar-refractivity contribution in [2.24, 2.45) is 0 Å². The molecule has 2 unspecified atom stereocenters. The molecule has 0 aromatic heterocycles. The number of phosphoric acid groups is 1. The van der Waals surface area contributed by atoms with Gasteiger partial charge in [0.2, 0.25) is 0 Å². The first-order valence-corrected chi connectivity index (χ1v) is 31.7. The molecule has 0 radical (unpaired) electrons. The van der Waals surface area contributed by atoms with E-state index >= 15 is 0 Å². The summed E-state index contributed by atoms with van der Waals surface area (Å²) >= 11 is 0. The van der Waals surface area contributed by atoms with Gasteiger partial charge in [-0.3, -0.25) is 14.2 Å². The van der Waals surface area contributed by atoms with Gasteiger partial charge in [0, 0.05) is 12.8 Å². The molecule has 0 rings (SSSR count). The number of ether oxygens (including phenoxy) is 2. The van der Waals surface area contributed by atoms with Crippen molar-refractivity contribution in [2.45, 2.75) is 213 Å². The number of hydrogen-bond donors (Lipinski definition) is 0. The van der Waals surface area contributed by atoms with E-state index in [-0.39, 0.29) is 26.1 Å². The number of carbonyl (C=O) groups is 2. The lowest BCUT2D eigenvalue weighted by Gasteiger charge is -2.28. The van der Waals surface area contributed by atoms with Gasteiger partial charge < -0.3 is 27.9 Å². The molecule has 78 heavy (non-hydrogen) atoms. The molecule has 0 bridgehead atoms. The highest BCUT2D eigenvalue weighted by molar-refractivity contribution is 7.45. The maximum absolute atomic E-state index is 12.8. The van der Waals surface area contributed by atoms with Crippen LogP contribution in [0, 0.1) is 0 Å². The number of rotatable bonds is 53. The summed E-state index contributed by atoms with van der Waals surface area (Å²) in [5.41, 5.74) is 0. The molecule has 0 aliphatic rings. The molecule has 0 saturated heterocycles. The molecule has 0 spiro atoms. The third kappa shape index (κ3) is 60.9. The molecule has 0 amide bonds. The molecule has 0 N–H and O–H groups in total. The highest BCUT2D eigenvalue weighted by atomic mass is 31.2. The highest BCUT2D eigenvalue weighted by Gasteiger charge is 2.21. The van der Waals surface area contributed by atoms with Gasteiger partial charge in [0.15, 0.2) is 6.10 Å². The lowest BCUT2D eigenvalue weighted by molar-refractivity contribution is -0.870. The van der Waals surface area contributed by atoms with Crippen LogP contribution in [-0.2, 0) is 32.7 Å². The summed E-state index contributed by atoms with van der Waals surface area (Å²) in [5, 5.41) is 0. The van der Waals surface area contributed by atoms with Crippen LogP contribution >= 0.6 is 7.82 Å². The number of esters is 2. The van der Waals surface area contributed by atoms with E-state index in [0.717, 1.165) is 103 Å². The summed E-state index contributed by atoms with van der Waals surface area (Å²) in [6, 6.07) is 0. The first-order valence-electron chi connectivity index (χ1n) is 30.2. The Morgan fingerprint density at radius 1 is 0.397 bits per heavy atom. The Morgan fingerprint density at radius 3 is 1.08 bits per heavy atom. The van der Waals surface area contributed by atoms with E-state index in [9.17, 15) is 19.0 Å². The molecule has 0 aliphatic heterocycles. The molecule has 0 heterocycles. The minimum absolute atomic E-state index is 0.0505. The quantitative estimate of drug-likeness (QED) is 0.0195. The van der Waals surface area contributed by atoms with Gasteiger partial charge in [0.25, 0.3) is 7.82 Å². The van der Waals surface area contributed by atoms with Crippen LogP contribution in [-0.4, -0.2) is 70.0 Å². The van der Waals surface area contributed by atoms with Crippen LogP contribution < -0.4 is 4.89 Å². The van der Waals surface area contributed by atoms with Crippen LogP contribution in [0.2, 0.25) is 0 Å². The highest BCUT2D eigenvalue weighted by Crippen LogP contribution is 2.38. The van der Waals surface area contributed by atoms with Gasteiger partial charge in [-0.2, -0.15) is 0 Å². The van der Waals surface area contributed by atoms with Crippen LogP contribution in [0.4, 0.5) is 0 Å². The van der Waals surface area contributed by atoms with Gasteiger partial charge in [-0.25, -0.2) is 0 Å². The number of allylic oxidation sites excluding steroid dienone is 26. The van der Waals surface area contributed by atoms with Crippen molar-refractivity contribution in [1.29, 1.82) is 0 Å². The van der Waals surface area contributed by atoms with E-state index in [1.165, 1.54) is 64.2 Å². The molecule has 440 valence electrons. The molecule has 0 saturated carbocycles. The monoisotopic (exact) mass is 1100 g/mol. The van der Waals surface area contributed by atoms with E-state index in [1.807, 2.05) is 33.3 Å². The van der Waals surface area contributed by atoms with Crippen LogP contribution in [0.5, 0.6) is 0 Å². The van der Waals surface area contributed by atoms with Crippen LogP contribution in [0.15, 0.2) is 158 Å². The number of nitrogens with zero attached hydrogens (tertiary/aromatic N) is 1. The largest absolute Gasteiger partial charge is 0.756 e. The summed E-state index contributed by atoms with van der Waals surface area (Å²) in [6.07, 6.45) is 86.0. The molecule has 0 aromatic rings. The predicted molar refractivity (Wildman–Crippen MR) is 332 cm³/mol. The Balaban J connectivity index is 4.20. The van der Waals surface area contributed by atoms with Gasteiger partial charge >= 0.3 is 11.9 Å². The van der Waals surface area contributed by atoms with E-state index in [0.29, 0.717) is 23.9 Å². The lowest BCUT2D eigenvalue weighted by atomic mass is 10.0. The smallest absolute Gasteiger partial charge is 0.306 e. The fraction of sp³-hybridized carbons (Fsp3) is 0.588. The maximum Gasteiger partial charge on any atom is 0.306 e. The molecular formula is C68H110NO8P. The van der Waals surface area contributed by atoms with Crippen LogP contribution in [0.1, 0.15) is 206 Å². The standard InChI is InChI=1S/C68H110NO8P/c1-6-8-10-12-14-16-18-20-22-24-26-27-28-29-30-31-32-33-34-35-36-37-38-39-40-41-43-45-47-49-51-53-55-57-59-61-68(71)77-66(65-76-78(72,73)75-63-62-69(3,4)5)64-74-67(70)60-58-56-54-52-50-48-46-44-42-25-23-21-19-17-15-13-11-9-7-2/h8-11,14-17,20-23,26-27,29-30,32-33,35-36,42,44,48,50,54,56,66H,6-7,12-13,18-19,24-25,28,31,34,37-41,43,45-47,49,51-53,55,57-65H2,1-5H3/b10-8-,11-9-,16-14-,17-15-,22-20-,23-21-,27-26-,30-29-,33-32-,36-35-,44-42-,50-48-,56-54-. The first-order chi connectivity index (χ1) is 38.0. The zero-order chi connectivity index (χ0) is 57.0. The molecule has 0 aliphatic carbocycles. The summed E-state index contributed by atoms with van der Waals surface area (Å²) in [4.78, 5) is 37.8. The number of likely N-dealkylation sites (N-methyl/N-ethyl adjacent to an activating group) is 1. The number of unbranched alkanes of at least 4 members (excludes halogenated alkanes) is 13. The Morgan fingerprint density at radius 2 is 0.718 bits per heavy atom.